The largest absolute Gasteiger partial charge is 0.497 e. The molecule has 2 unspecified atom stereocenters. The van der Waals surface area contributed by atoms with E-state index in [-0.39, 0.29) is 37.1 Å². The van der Waals surface area contributed by atoms with Gasteiger partial charge in [0.15, 0.2) is 0 Å². The van der Waals surface area contributed by atoms with Gasteiger partial charge in [0.1, 0.15) is 29.2 Å². The number of pyridine rings is 1. The van der Waals surface area contributed by atoms with Gasteiger partial charge in [0.05, 0.1) is 24.9 Å². The van der Waals surface area contributed by atoms with Crippen molar-refractivity contribution in [1.82, 2.24) is 20.1 Å². The molecule has 3 aliphatic heterocycles. The molecule has 5 atom stereocenters. The lowest BCUT2D eigenvalue weighted by Crippen LogP contribution is -2.54. The Morgan fingerprint density at radius 3 is 2.56 bits per heavy atom. The average Bonchev–Trinajstić information content (AvgIpc) is 3.70. The van der Waals surface area contributed by atoms with E-state index in [1.165, 1.54) is 0 Å². The predicted molar refractivity (Wildman–Crippen MR) is 196 cm³/mol. The Hall–Kier alpha value is -4.93. The molecule has 11 nitrogen and oxygen atoms in total. The van der Waals surface area contributed by atoms with Gasteiger partial charge in [0.25, 0.3) is 0 Å². The summed E-state index contributed by atoms with van der Waals surface area (Å²) in [6.07, 6.45) is 10.8. The number of nitrogens with zero attached hydrogens (tertiary/aromatic N) is 3. The average molecular weight is 709 g/mol. The van der Waals surface area contributed by atoms with Crippen LogP contribution in [0.2, 0.25) is 0 Å². The van der Waals surface area contributed by atoms with Crippen molar-refractivity contribution in [2.75, 3.05) is 26.7 Å². The van der Waals surface area contributed by atoms with E-state index in [2.05, 4.69) is 5.32 Å². The molecule has 3 fully saturated rings. The molecule has 0 radical (unpaired) electrons. The van der Waals surface area contributed by atoms with Gasteiger partial charge in [-0.1, -0.05) is 55.3 Å². The van der Waals surface area contributed by atoms with Crippen LogP contribution in [-0.4, -0.2) is 88.0 Å². The smallest absolute Gasteiger partial charge is 0.330 e. The lowest BCUT2D eigenvalue weighted by Gasteiger charge is -2.31. The SMILES string of the molecule is COc1ccc2c(O[C@@H]3C[C@H]4C(=O)NC5(C(=O)O)CC5/C=C\CCCCC[C@H](CC(=O)N5CCCCC5)C(=O)N4C3)cc(-c3ccccc3)nc2c1. The summed E-state index contributed by atoms with van der Waals surface area (Å²) >= 11 is 0. The monoisotopic (exact) mass is 708 g/mol. The number of carbonyl (C=O) groups excluding carboxylic acids is 3. The van der Waals surface area contributed by atoms with Crippen molar-refractivity contribution >= 4 is 34.6 Å². The molecule has 4 heterocycles. The van der Waals surface area contributed by atoms with Crippen LogP contribution in [0, 0.1) is 11.8 Å². The van der Waals surface area contributed by atoms with Crippen LogP contribution < -0.4 is 14.8 Å². The van der Waals surface area contributed by atoms with E-state index in [0.717, 1.165) is 55.9 Å². The number of allylic oxidation sites excluding steroid dienone is 1. The fourth-order valence-electron chi connectivity index (χ4n) is 8.10. The number of fused-ring (bicyclic) bond motifs is 3. The second-order valence-corrected chi connectivity index (χ2v) is 14.7. The van der Waals surface area contributed by atoms with Gasteiger partial charge in [0, 0.05) is 60.8 Å². The van der Waals surface area contributed by atoms with Crippen LogP contribution in [0.4, 0.5) is 0 Å². The number of hydrogen-bond acceptors (Lipinski definition) is 7. The van der Waals surface area contributed by atoms with Crippen LogP contribution in [0.5, 0.6) is 11.5 Å². The van der Waals surface area contributed by atoms with Crippen molar-refractivity contribution < 1.29 is 33.8 Å². The number of hydrogen-bond donors (Lipinski definition) is 2. The molecule has 3 aromatic rings. The van der Waals surface area contributed by atoms with Gasteiger partial charge in [-0.2, -0.15) is 0 Å². The molecule has 2 saturated heterocycles. The minimum Gasteiger partial charge on any atom is -0.497 e. The third-order valence-corrected chi connectivity index (χ3v) is 11.2. The third-order valence-electron chi connectivity index (χ3n) is 11.2. The van der Waals surface area contributed by atoms with E-state index in [4.69, 9.17) is 14.5 Å². The summed E-state index contributed by atoms with van der Waals surface area (Å²) in [4.78, 5) is 63.2. The molecule has 11 heteroatoms. The van der Waals surface area contributed by atoms with Crippen LogP contribution >= 0.6 is 0 Å². The van der Waals surface area contributed by atoms with Crippen molar-refractivity contribution in [3.8, 4) is 22.8 Å². The van der Waals surface area contributed by atoms with E-state index in [0.29, 0.717) is 48.6 Å². The lowest BCUT2D eigenvalue weighted by atomic mass is 9.94. The summed E-state index contributed by atoms with van der Waals surface area (Å²) in [5.74, 6) is -1.58. The fraction of sp³-hybridized carbons (Fsp3) is 0.488. The standard InChI is InChI=1S/C41H48N4O7/c1-51-30-17-18-32-34(22-30)42-33(27-13-8-5-9-14-27)24-36(32)52-31-23-35-38(47)43-41(40(49)50)25-29(41)16-10-4-2-3-7-15-28(39(48)45(35)26-31)21-37(46)44-19-11-6-12-20-44/h5,8-10,13-14,16-18,22,24,28-29,31,35H,2-4,6-7,11-12,15,19-21,23,25-26H2,1H3,(H,43,47)(H,49,50)/b16-10-/t28-,29?,31-,35+,41?/m1/s1. The first-order valence-electron chi connectivity index (χ1n) is 18.8. The minimum atomic E-state index is -1.41. The van der Waals surface area contributed by atoms with E-state index < -0.39 is 35.5 Å². The summed E-state index contributed by atoms with van der Waals surface area (Å²) in [6, 6.07) is 16.2. The number of benzene rings is 2. The first-order valence-corrected chi connectivity index (χ1v) is 18.8. The molecule has 1 saturated carbocycles. The normalized spacial score (nSPS) is 27.4. The molecule has 1 aliphatic carbocycles. The Morgan fingerprint density at radius 1 is 1.00 bits per heavy atom. The Labute approximate surface area is 304 Å². The maximum Gasteiger partial charge on any atom is 0.330 e. The van der Waals surface area contributed by atoms with Gasteiger partial charge in [-0.05, 0) is 57.1 Å². The molecule has 1 aromatic heterocycles. The third kappa shape index (κ3) is 7.49. The predicted octanol–water partition coefficient (Wildman–Crippen LogP) is 5.76. The van der Waals surface area contributed by atoms with Gasteiger partial charge >= 0.3 is 5.97 Å². The zero-order valence-electron chi connectivity index (χ0n) is 29.8. The van der Waals surface area contributed by atoms with E-state index in [1.807, 2.05) is 71.6 Å². The van der Waals surface area contributed by atoms with Crippen molar-refractivity contribution in [1.29, 1.82) is 0 Å². The number of aliphatic carboxylic acids is 1. The second-order valence-electron chi connectivity index (χ2n) is 14.7. The van der Waals surface area contributed by atoms with Crippen LogP contribution in [0.3, 0.4) is 0 Å². The topological polar surface area (TPSA) is 138 Å². The zero-order valence-corrected chi connectivity index (χ0v) is 29.8. The number of carboxylic acid groups (broad SMARTS) is 1. The Kier molecular flexibility index (Phi) is 10.5. The zero-order chi connectivity index (χ0) is 36.2. The molecule has 4 aliphatic rings. The molecule has 274 valence electrons. The number of carboxylic acids is 1. The highest BCUT2D eigenvalue weighted by Gasteiger charge is 2.61. The summed E-state index contributed by atoms with van der Waals surface area (Å²) in [5, 5.41) is 13.9. The lowest BCUT2D eigenvalue weighted by molar-refractivity contribution is -0.147. The molecule has 0 bridgehead atoms. The van der Waals surface area contributed by atoms with Crippen LogP contribution in [0.1, 0.15) is 70.6 Å². The Morgan fingerprint density at radius 2 is 1.79 bits per heavy atom. The number of amides is 3. The number of ether oxygens (including phenoxy) is 2. The molecular weight excluding hydrogens is 660 g/mol. The van der Waals surface area contributed by atoms with E-state index >= 15 is 0 Å². The summed E-state index contributed by atoms with van der Waals surface area (Å²) < 4.78 is 12.2. The maximum absolute atomic E-state index is 14.6. The van der Waals surface area contributed by atoms with Crippen LogP contribution in [0.25, 0.3) is 22.2 Å². The van der Waals surface area contributed by atoms with Gasteiger partial charge in [-0.3, -0.25) is 14.4 Å². The minimum absolute atomic E-state index is 0.0234. The maximum atomic E-state index is 14.6. The molecule has 3 amide bonds. The van der Waals surface area contributed by atoms with Crippen molar-refractivity contribution in [3.05, 3.63) is 66.7 Å². The number of likely N-dealkylation sites (tertiary alicyclic amines) is 1. The quantitative estimate of drug-likeness (QED) is 0.296. The number of aromatic nitrogens is 1. The number of piperidine rings is 1. The van der Waals surface area contributed by atoms with Crippen molar-refractivity contribution in [3.63, 3.8) is 0 Å². The van der Waals surface area contributed by atoms with Crippen LogP contribution in [-0.2, 0) is 19.2 Å². The fourth-order valence-corrected chi connectivity index (χ4v) is 8.10. The number of nitrogens with one attached hydrogen (secondary N) is 1. The summed E-state index contributed by atoms with van der Waals surface area (Å²) in [6.45, 7) is 1.52. The molecule has 0 spiro atoms. The molecule has 7 rings (SSSR count). The highest BCUT2D eigenvalue weighted by Crippen LogP contribution is 2.45. The highest BCUT2D eigenvalue weighted by molar-refractivity contribution is 5.96. The highest BCUT2D eigenvalue weighted by atomic mass is 16.5. The van der Waals surface area contributed by atoms with Crippen molar-refractivity contribution in [2.45, 2.75) is 88.3 Å². The van der Waals surface area contributed by atoms with Gasteiger partial charge in [-0.25, -0.2) is 9.78 Å². The van der Waals surface area contributed by atoms with Crippen molar-refractivity contribution in [2.24, 2.45) is 11.8 Å². The number of rotatable bonds is 7. The first kappa shape index (κ1) is 35.5. The van der Waals surface area contributed by atoms with Gasteiger partial charge < -0.3 is 29.7 Å². The molecule has 2 N–H and O–H groups in total. The first-order chi connectivity index (χ1) is 25.3. The molecular formula is C41H48N4O7. The summed E-state index contributed by atoms with van der Waals surface area (Å²) in [5.41, 5.74) is 0.866. The molecule has 52 heavy (non-hydrogen) atoms. The molecule has 2 aromatic carbocycles. The van der Waals surface area contributed by atoms with Gasteiger partial charge in [0.2, 0.25) is 17.7 Å². The van der Waals surface area contributed by atoms with Crippen LogP contribution in [0.15, 0.2) is 66.7 Å². The number of carbonyl (C=O) groups is 4. The Bertz CT molecular complexity index is 1840. The second kappa shape index (κ2) is 15.4. The Balaban J connectivity index is 1.21. The number of methoxy groups -OCH3 is 1. The van der Waals surface area contributed by atoms with E-state index in [9.17, 15) is 24.3 Å². The summed E-state index contributed by atoms with van der Waals surface area (Å²) in [7, 11) is 1.60. The van der Waals surface area contributed by atoms with E-state index in [1.54, 1.807) is 12.0 Å². The van der Waals surface area contributed by atoms with Gasteiger partial charge in [-0.15, -0.1) is 0 Å².